The first-order valence-corrected chi connectivity index (χ1v) is 15.9. The van der Waals surface area contributed by atoms with Crippen LogP contribution in [0.2, 0.25) is 18.1 Å². The lowest BCUT2D eigenvalue weighted by atomic mass is 9.48. The zero-order chi connectivity index (χ0) is 24.9. The molecule has 0 aromatic heterocycles. The van der Waals surface area contributed by atoms with Gasteiger partial charge in [-0.05, 0) is 85.2 Å². The van der Waals surface area contributed by atoms with Crippen molar-refractivity contribution in [3.8, 4) is 0 Å². The normalized spacial score (nSPS) is 44.8. The first-order chi connectivity index (χ1) is 15.7. The number of rotatable bonds is 5. The molecule has 3 fully saturated rings. The molecule has 0 amide bonds. The topological polar surface area (TPSA) is 79.3 Å². The highest BCUT2D eigenvalue weighted by molar-refractivity contribution is 6.74. The maximum absolute atomic E-state index is 12.8. The molecule has 4 aliphatic carbocycles. The molecule has 34 heavy (non-hydrogen) atoms. The number of aliphatic hydroxyl groups is 2. The summed E-state index contributed by atoms with van der Waals surface area (Å²) in [6.07, 6.45) is 11.7. The molecule has 1 heterocycles. The highest BCUT2D eigenvalue weighted by Crippen LogP contribution is 2.75. The average molecular weight is 487 g/mol. The number of allylic oxidation sites excluding steroid dienone is 3. The Labute approximate surface area is 205 Å². The Balaban J connectivity index is 1.48. The third-order valence-corrected chi connectivity index (χ3v) is 15.2. The van der Waals surface area contributed by atoms with Crippen molar-refractivity contribution in [3.05, 3.63) is 35.6 Å². The van der Waals surface area contributed by atoms with Crippen LogP contribution in [0.1, 0.15) is 53.9 Å². The van der Waals surface area contributed by atoms with Crippen LogP contribution in [-0.4, -0.2) is 49.2 Å². The molecule has 2 N–H and O–H groups in total. The largest absolute Gasteiger partial charge is 0.544 e. The maximum atomic E-state index is 12.8. The smallest absolute Gasteiger partial charge is 0.250 e. The fourth-order valence-corrected chi connectivity index (χ4v) is 9.02. The van der Waals surface area contributed by atoms with Crippen LogP contribution in [0.3, 0.4) is 0 Å². The van der Waals surface area contributed by atoms with Gasteiger partial charge in [-0.15, -0.1) is 0 Å². The molecule has 0 aromatic carbocycles. The van der Waals surface area contributed by atoms with Crippen molar-refractivity contribution in [2.24, 2.45) is 34.5 Å². The fourth-order valence-electron chi connectivity index (χ4n) is 8.00. The number of aliphatic hydroxyl groups excluding tert-OH is 2. The molecule has 188 valence electrons. The van der Waals surface area contributed by atoms with Crippen molar-refractivity contribution in [2.75, 3.05) is 13.2 Å². The van der Waals surface area contributed by atoms with Gasteiger partial charge >= 0.3 is 0 Å². The molecule has 1 spiro atoms. The average Bonchev–Trinajstić information content (AvgIpc) is 3.38. The monoisotopic (exact) mass is 486 g/mol. The zero-order valence-corrected chi connectivity index (χ0v) is 22.9. The molecule has 5 nitrogen and oxygen atoms in total. The number of hydrogen-bond acceptors (Lipinski definition) is 5. The Kier molecular flexibility index (Phi) is 5.33. The summed E-state index contributed by atoms with van der Waals surface area (Å²) in [6, 6.07) is 0. The number of hydrogen-bond donors (Lipinski definition) is 2. The summed E-state index contributed by atoms with van der Waals surface area (Å²) in [5, 5.41) is 19.9. The highest BCUT2D eigenvalue weighted by Gasteiger charge is 2.79. The molecule has 1 aliphatic heterocycles. The fraction of sp³-hybridized carbons (Fsp3) is 0.750. The van der Waals surface area contributed by atoms with Crippen LogP contribution in [0.4, 0.5) is 0 Å². The van der Waals surface area contributed by atoms with E-state index in [1.54, 1.807) is 0 Å². The predicted molar refractivity (Wildman–Crippen MR) is 134 cm³/mol. The Morgan fingerprint density at radius 2 is 1.94 bits per heavy atom. The van der Waals surface area contributed by atoms with Crippen molar-refractivity contribution in [1.29, 1.82) is 0 Å². The molecule has 5 aliphatic rings. The summed E-state index contributed by atoms with van der Waals surface area (Å²) in [5.74, 6) is 1.06. The standard InChI is InChI=1S/C28H42O5Si/c1-25(2,3)34(6,7)33-19-10-11-27(5)18(13-19)8-9-20-21-12-17(15-29)24(22(31)16-30)26(21,4)14-23-28(20,27)32-23/h8,10-11,13,17,20-21,23-24,29-30H,9,12,14-16H2,1-7H3/t17-,20-,21-,23-,24+,26-,27-,28+/m0/s1. The van der Waals surface area contributed by atoms with E-state index in [1.807, 2.05) is 0 Å². The van der Waals surface area contributed by atoms with Crippen LogP contribution in [0, 0.1) is 34.5 Å². The van der Waals surface area contributed by atoms with Gasteiger partial charge in [-0.2, -0.15) is 0 Å². The van der Waals surface area contributed by atoms with E-state index in [-0.39, 0.29) is 51.8 Å². The summed E-state index contributed by atoms with van der Waals surface area (Å²) in [5.41, 5.74) is 0.560. The van der Waals surface area contributed by atoms with Gasteiger partial charge in [-0.25, -0.2) is 0 Å². The van der Waals surface area contributed by atoms with E-state index < -0.39 is 14.9 Å². The lowest BCUT2D eigenvalue weighted by Gasteiger charge is -2.53. The zero-order valence-electron chi connectivity index (χ0n) is 21.9. The SMILES string of the molecule is CC(C)(C)[Si](C)(C)OC1=CC2=CC[C@H]3[C@@H]4C[C@@H](CO)[C@H](C(=O)CO)[C@@]4(C)C[C@@H]4O[C@@]43[C@@]2(C)C=C1. The molecule has 5 rings (SSSR count). The molecular formula is C28H42O5Si. The number of ketones is 1. The van der Waals surface area contributed by atoms with Crippen LogP contribution in [0.25, 0.3) is 0 Å². The Bertz CT molecular complexity index is 989. The molecule has 0 aromatic rings. The van der Waals surface area contributed by atoms with Crippen molar-refractivity contribution in [1.82, 2.24) is 0 Å². The minimum absolute atomic E-state index is 0.00287. The summed E-state index contributed by atoms with van der Waals surface area (Å²) < 4.78 is 13.3. The second-order valence-corrected chi connectivity index (χ2v) is 18.2. The van der Waals surface area contributed by atoms with E-state index in [0.29, 0.717) is 11.8 Å². The van der Waals surface area contributed by atoms with E-state index in [2.05, 4.69) is 72.0 Å². The minimum atomic E-state index is -1.93. The lowest BCUT2D eigenvalue weighted by molar-refractivity contribution is -0.132. The number of carbonyl (C=O) groups is 1. The number of ether oxygens (including phenoxy) is 1. The third-order valence-electron chi connectivity index (χ3n) is 10.8. The van der Waals surface area contributed by atoms with E-state index in [1.165, 1.54) is 5.57 Å². The van der Waals surface area contributed by atoms with E-state index in [4.69, 9.17) is 9.16 Å². The number of carbonyl (C=O) groups excluding carboxylic acids is 1. The van der Waals surface area contributed by atoms with Crippen LogP contribution in [0.5, 0.6) is 0 Å². The van der Waals surface area contributed by atoms with Gasteiger partial charge in [0.25, 0.3) is 0 Å². The number of epoxide rings is 1. The summed E-state index contributed by atoms with van der Waals surface area (Å²) in [7, 11) is -1.93. The van der Waals surface area contributed by atoms with Gasteiger partial charge in [-0.1, -0.05) is 39.8 Å². The first kappa shape index (κ1) is 24.5. The first-order valence-electron chi connectivity index (χ1n) is 13.0. The lowest BCUT2D eigenvalue weighted by Crippen LogP contribution is -2.56. The minimum Gasteiger partial charge on any atom is -0.544 e. The van der Waals surface area contributed by atoms with Gasteiger partial charge in [0.2, 0.25) is 8.32 Å². The Morgan fingerprint density at radius 3 is 2.56 bits per heavy atom. The van der Waals surface area contributed by atoms with Crippen LogP contribution in [-0.2, 0) is 14.0 Å². The molecule has 6 heteroatoms. The summed E-state index contributed by atoms with van der Waals surface area (Å²) in [6.45, 7) is 15.4. The van der Waals surface area contributed by atoms with Gasteiger partial charge in [0.05, 0.1) is 6.10 Å². The van der Waals surface area contributed by atoms with Crippen LogP contribution < -0.4 is 0 Å². The van der Waals surface area contributed by atoms with Crippen molar-refractivity contribution >= 4 is 14.1 Å². The molecule has 0 unspecified atom stereocenters. The molecule has 1 saturated heterocycles. The van der Waals surface area contributed by atoms with Crippen LogP contribution in [0.15, 0.2) is 35.6 Å². The van der Waals surface area contributed by atoms with Crippen molar-refractivity contribution in [3.63, 3.8) is 0 Å². The van der Waals surface area contributed by atoms with Gasteiger partial charge in [0, 0.05) is 17.9 Å². The molecule has 2 saturated carbocycles. The molecular weight excluding hydrogens is 444 g/mol. The van der Waals surface area contributed by atoms with Crippen molar-refractivity contribution < 1.29 is 24.2 Å². The Hall–Kier alpha value is -1.21. The van der Waals surface area contributed by atoms with Gasteiger partial charge in [0.15, 0.2) is 5.78 Å². The van der Waals surface area contributed by atoms with E-state index in [0.717, 1.165) is 25.0 Å². The molecule has 8 atom stereocenters. The number of Topliss-reactive ketones (excluding diaryl/α,β-unsaturated/α-hetero) is 1. The number of fused-ring (bicyclic) bond motifs is 3. The summed E-state index contributed by atoms with van der Waals surface area (Å²) in [4.78, 5) is 12.8. The predicted octanol–water partition coefficient (Wildman–Crippen LogP) is 4.77. The second kappa shape index (κ2) is 7.40. The maximum Gasteiger partial charge on any atom is 0.250 e. The quantitative estimate of drug-likeness (QED) is 0.432. The van der Waals surface area contributed by atoms with E-state index >= 15 is 0 Å². The van der Waals surface area contributed by atoms with Crippen molar-refractivity contribution in [2.45, 2.75) is 83.7 Å². The third kappa shape index (κ3) is 3.04. The second-order valence-electron chi connectivity index (χ2n) is 13.4. The molecule has 0 radical (unpaired) electrons. The van der Waals surface area contributed by atoms with E-state index in [9.17, 15) is 15.0 Å². The van der Waals surface area contributed by atoms with Gasteiger partial charge < -0.3 is 19.4 Å². The highest BCUT2D eigenvalue weighted by atomic mass is 28.4. The van der Waals surface area contributed by atoms with Crippen LogP contribution >= 0.6 is 0 Å². The Morgan fingerprint density at radius 1 is 1.24 bits per heavy atom. The summed E-state index contributed by atoms with van der Waals surface area (Å²) >= 11 is 0. The molecule has 0 bridgehead atoms. The van der Waals surface area contributed by atoms with Gasteiger partial charge in [0.1, 0.15) is 18.0 Å². The van der Waals surface area contributed by atoms with Gasteiger partial charge in [-0.3, -0.25) is 4.79 Å².